The number of nitrogens with one attached hydrogen (secondary N) is 1. The molecular formula is C10H14N6O. The molecule has 1 saturated heterocycles. The standard InChI is InChI=1S/C10H14N6O/c1-2-10(13-16-9(1)12-14-15-16)17-6-4-8-3-5-11-7-8/h1-2,8,11H,3-7H2. The van der Waals surface area contributed by atoms with Gasteiger partial charge in [-0.05, 0) is 48.3 Å². The maximum Gasteiger partial charge on any atom is 0.233 e. The van der Waals surface area contributed by atoms with Gasteiger partial charge in [0.1, 0.15) is 0 Å². The van der Waals surface area contributed by atoms with Crippen molar-refractivity contribution in [2.45, 2.75) is 12.8 Å². The molecule has 1 atom stereocenters. The van der Waals surface area contributed by atoms with Crippen LogP contribution in [0.15, 0.2) is 12.1 Å². The van der Waals surface area contributed by atoms with E-state index < -0.39 is 0 Å². The third-order valence-corrected chi connectivity index (χ3v) is 2.98. The average molecular weight is 234 g/mol. The summed E-state index contributed by atoms with van der Waals surface area (Å²) >= 11 is 0. The number of hydrogen-bond acceptors (Lipinski definition) is 6. The number of tetrazole rings is 1. The minimum Gasteiger partial charge on any atom is -0.477 e. The Kier molecular flexibility index (Phi) is 2.83. The Morgan fingerprint density at radius 2 is 2.47 bits per heavy atom. The van der Waals surface area contributed by atoms with Gasteiger partial charge in [-0.15, -0.1) is 14.8 Å². The second-order valence-electron chi connectivity index (χ2n) is 4.19. The smallest absolute Gasteiger partial charge is 0.233 e. The summed E-state index contributed by atoms with van der Waals surface area (Å²) in [5.74, 6) is 1.29. The van der Waals surface area contributed by atoms with Gasteiger partial charge in [0.15, 0.2) is 5.65 Å². The van der Waals surface area contributed by atoms with Crippen molar-refractivity contribution in [1.29, 1.82) is 0 Å². The highest BCUT2D eigenvalue weighted by molar-refractivity contribution is 5.34. The Bertz CT molecular complexity index is 492. The van der Waals surface area contributed by atoms with E-state index in [2.05, 4.69) is 25.9 Å². The lowest BCUT2D eigenvalue weighted by atomic mass is 10.1. The molecule has 3 heterocycles. The van der Waals surface area contributed by atoms with Gasteiger partial charge in [-0.1, -0.05) is 0 Å². The first-order chi connectivity index (χ1) is 8.42. The van der Waals surface area contributed by atoms with E-state index in [1.807, 2.05) is 0 Å². The molecule has 17 heavy (non-hydrogen) atoms. The molecule has 1 aliphatic heterocycles. The van der Waals surface area contributed by atoms with E-state index in [9.17, 15) is 0 Å². The van der Waals surface area contributed by atoms with Crippen LogP contribution in [0.2, 0.25) is 0 Å². The first-order valence-corrected chi connectivity index (χ1v) is 5.81. The van der Waals surface area contributed by atoms with E-state index in [0.717, 1.165) is 25.4 Å². The fraction of sp³-hybridized carbons (Fsp3) is 0.600. The number of fused-ring (bicyclic) bond motifs is 1. The van der Waals surface area contributed by atoms with Crippen LogP contribution in [0.5, 0.6) is 5.88 Å². The van der Waals surface area contributed by atoms with Crippen molar-refractivity contribution >= 4 is 5.65 Å². The van der Waals surface area contributed by atoms with Crippen LogP contribution < -0.4 is 10.1 Å². The minimum absolute atomic E-state index is 0.566. The Morgan fingerprint density at radius 1 is 1.47 bits per heavy atom. The van der Waals surface area contributed by atoms with E-state index in [1.165, 1.54) is 11.1 Å². The highest BCUT2D eigenvalue weighted by Crippen LogP contribution is 2.13. The van der Waals surface area contributed by atoms with Crippen LogP contribution in [0.25, 0.3) is 5.65 Å². The molecule has 0 saturated carbocycles. The largest absolute Gasteiger partial charge is 0.477 e. The predicted octanol–water partition coefficient (Wildman–Crippen LogP) is -0.102. The molecule has 1 aliphatic rings. The van der Waals surface area contributed by atoms with Crippen LogP contribution in [0.3, 0.4) is 0 Å². The van der Waals surface area contributed by atoms with Crippen LogP contribution in [0, 0.1) is 5.92 Å². The zero-order chi connectivity index (χ0) is 11.5. The quantitative estimate of drug-likeness (QED) is 0.796. The minimum atomic E-state index is 0.566. The summed E-state index contributed by atoms with van der Waals surface area (Å²) < 4.78 is 6.96. The van der Waals surface area contributed by atoms with Crippen molar-refractivity contribution in [2.24, 2.45) is 5.92 Å². The summed E-state index contributed by atoms with van der Waals surface area (Å²) in [5.41, 5.74) is 0.623. The van der Waals surface area contributed by atoms with Crippen molar-refractivity contribution in [3.8, 4) is 5.88 Å². The van der Waals surface area contributed by atoms with Gasteiger partial charge in [-0.3, -0.25) is 0 Å². The summed E-state index contributed by atoms with van der Waals surface area (Å²) in [6.07, 6.45) is 2.30. The molecule has 2 aromatic rings. The van der Waals surface area contributed by atoms with Crippen molar-refractivity contribution in [1.82, 2.24) is 30.6 Å². The molecule has 0 bridgehead atoms. The monoisotopic (exact) mass is 234 g/mol. The maximum absolute atomic E-state index is 5.59. The van der Waals surface area contributed by atoms with Crippen LogP contribution >= 0.6 is 0 Å². The maximum atomic E-state index is 5.59. The highest BCUT2D eigenvalue weighted by Gasteiger charge is 2.14. The molecule has 0 amide bonds. The summed E-state index contributed by atoms with van der Waals surface area (Å²) in [6.45, 7) is 2.91. The number of ether oxygens (including phenoxy) is 1. The summed E-state index contributed by atoms with van der Waals surface area (Å²) in [5, 5.41) is 18.5. The first kappa shape index (κ1) is 10.4. The van der Waals surface area contributed by atoms with Gasteiger partial charge in [-0.25, -0.2) is 0 Å². The second kappa shape index (κ2) is 4.62. The Balaban J connectivity index is 1.56. The summed E-state index contributed by atoms with van der Waals surface area (Å²) in [4.78, 5) is 0. The van der Waals surface area contributed by atoms with Crippen LogP contribution in [-0.4, -0.2) is 45.0 Å². The number of rotatable bonds is 4. The topological polar surface area (TPSA) is 77.2 Å². The molecule has 1 unspecified atom stereocenters. The Hall–Kier alpha value is -1.76. The molecule has 7 nitrogen and oxygen atoms in total. The molecule has 0 spiro atoms. The van der Waals surface area contributed by atoms with Crippen molar-refractivity contribution in [3.05, 3.63) is 12.1 Å². The second-order valence-corrected chi connectivity index (χ2v) is 4.19. The van der Waals surface area contributed by atoms with E-state index in [0.29, 0.717) is 18.1 Å². The third kappa shape index (κ3) is 2.33. The average Bonchev–Trinajstić information content (AvgIpc) is 2.98. The number of nitrogens with zero attached hydrogens (tertiary/aromatic N) is 5. The molecule has 0 aliphatic carbocycles. The van der Waals surface area contributed by atoms with E-state index in [4.69, 9.17) is 4.74 Å². The van der Waals surface area contributed by atoms with E-state index in [-0.39, 0.29) is 0 Å². The number of hydrogen-bond donors (Lipinski definition) is 1. The first-order valence-electron chi connectivity index (χ1n) is 5.81. The highest BCUT2D eigenvalue weighted by atomic mass is 16.5. The van der Waals surface area contributed by atoms with Crippen LogP contribution in [-0.2, 0) is 0 Å². The van der Waals surface area contributed by atoms with E-state index in [1.54, 1.807) is 12.1 Å². The van der Waals surface area contributed by atoms with E-state index >= 15 is 0 Å². The van der Waals surface area contributed by atoms with Gasteiger partial charge in [0.2, 0.25) is 5.88 Å². The van der Waals surface area contributed by atoms with Crippen molar-refractivity contribution in [2.75, 3.05) is 19.7 Å². The van der Waals surface area contributed by atoms with Gasteiger partial charge in [-0.2, -0.15) is 0 Å². The van der Waals surface area contributed by atoms with Crippen molar-refractivity contribution < 1.29 is 4.74 Å². The Labute approximate surface area is 98.1 Å². The molecule has 0 radical (unpaired) electrons. The van der Waals surface area contributed by atoms with Crippen LogP contribution in [0.1, 0.15) is 12.8 Å². The number of aromatic nitrogens is 5. The summed E-state index contributed by atoms with van der Waals surface area (Å²) in [6, 6.07) is 3.58. The molecule has 2 aromatic heterocycles. The van der Waals surface area contributed by atoms with Gasteiger partial charge in [0, 0.05) is 6.07 Å². The molecule has 1 N–H and O–H groups in total. The predicted molar refractivity (Wildman–Crippen MR) is 59.7 cm³/mol. The van der Waals surface area contributed by atoms with Gasteiger partial charge >= 0.3 is 0 Å². The Morgan fingerprint density at radius 3 is 3.35 bits per heavy atom. The molecule has 90 valence electrons. The third-order valence-electron chi connectivity index (χ3n) is 2.98. The molecular weight excluding hydrogens is 220 g/mol. The summed E-state index contributed by atoms with van der Waals surface area (Å²) in [7, 11) is 0. The lowest BCUT2D eigenvalue weighted by Gasteiger charge is -2.08. The molecule has 0 aromatic carbocycles. The zero-order valence-electron chi connectivity index (χ0n) is 9.41. The lowest BCUT2D eigenvalue weighted by molar-refractivity contribution is 0.269. The molecule has 1 fully saturated rings. The van der Waals surface area contributed by atoms with Crippen molar-refractivity contribution in [3.63, 3.8) is 0 Å². The lowest BCUT2D eigenvalue weighted by Crippen LogP contribution is -2.12. The van der Waals surface area contributed by atoms with Gasteiger partial charge in [0.05, 0.1) is 6.61 Å². The van der Waals surface area contributed by atoms with Gasteiger partial charge in [0.25, 0.3) is 0 Å². The fourth-order valence-corrected chi connectivity index (χ4v) is 2.00. The zero-order valence-corrected chi connectivity index (χ0v) is 9.41. The fourth-order valence-electron chi connectivity index (χ4n) is 2.00. The van der Waals surface area contributed by atoms with Crippen LogP contribution in [0.4, 0.5) is 0 Å². The van der Waals surface area contributed by atoms with Gasteiger partial charge < -0.3 is 10.1 Å². The molecule has 7 heteroatoms. The SMILES string of the molecule is c1cc2nnnn2nc1OCCC1CCNC1. The molecule has 3 rings (SSSR count). The normalized spacial score (nSPS) is 19.9.